The van der Waals surface area contributed by atoms with Crippen molar-refractivity contribution in [1.29, 1.82) is 0 Å². The van der Waals surface area contributed by atoms with E-state index in [1.165, 1.54) is 0 Å². The molecule has 1 heterocycles. The van der Waals surface area contributed by atoms with Crippen LogP contribution in [-0.2, 0) is 14.3 Å². The average molecular weight is 309 g/mol. The van der Waals surface area contributed by atoms with Crippen molar-refractivity contribution in [2.45, 2.75) is 41.5 Å². The van der Waals surface area contributed by atoms with Crippen LogP contribution in [0.5, 0.6) is 0 Å². The molecule has 0 aromatic carbocycles. The molecule has 1 aliphatic heterocycles. The molecule has 0 aliphatic carbocycles. The topological polar surface area (TPSA) is 38.8 Å². The summed E-state index contributed by atoms with van der Waals surface area (Å²) in [6, 6.07) is 0. The smallest absolute Gasteiger partial charge is 0.260 e. The van der Waals surface area contributed by atoms with Crippen molar-refractivity contribution in [2.24, 2.45) is 10.8 Å². The Morgan fingerprint density at radius 3 is 2.18 bits per heavy atom. The third kappa shape index (κ3) is 8.23. The molecular formula is C18H31NO3. The number of amides is 1. The maximum Gasteiger partial charge on any atom is 0.260 e. The van der Waals surface area contributed by atoms with Gasteiger partial charge in [-0.2, -0.15) is 0 Å². The third-order valence-electron chi connectivity index (χ3n) is 3.05. The van der Waals surface area contributed by atoms with E-state index < -0.39 is 0 Å². The molecular weight excluding hydrogens is 278 g/mol. The fraction of sp³-hybridized carbons (Fsp3) is 0.722. The molecule has 0 aromatic heterocycles. The van der Waals surface area contributed by atoms with Crippen LogP contribution in [0.15, 0.2) is 24.0 Å². The fourth-order valence-corrected chi connectivity index (χ4v) is 1.95. The Hall–Kier alpha value is -1.29. The molecule has 0 saturated carbocycles. The van der Waals surface area contributed by atoms with E-state index in [-0.39, 0.29) is 23.3 Å². The van der Waals surface area contributed by atoms with E-state index in [0.717, 1.165) is 5.76 Å². The van der Waals surface area contributed by atoms with Gasteiger partial charge in [0.25, 0.3) is 5.91 Å². The molecule has 4 nitrogen and oxygen atoms in total. The fourth-order valence-electron chi connectivity index (χ4n) is 1.95. The number of hydrogen-bond acceptors (Lipinski definition) is 3. The molecule has 126 valence electrons. The van der Waals surface area contributed by atoms with E-state index >= 15 is 0 Å². The number of nitrogens with zero attached hydrogens (tertiary/aromatic N) is 1. The lowest BCUT2D eigenvalue weighted by atomic mass is 9.93. The van der Waals surface area contributed by atoms with Crippen molar-refractivity contribution in [3.63, 3.8) is 0 Å². The van der Waals surface area contributed by atoms with Gasteiger partial charge in [0.1, 0.15) is 5.76 Å². The molecule has 1 aliphatic rings. The van der Waals surface area contributed by atoms with E-state index in [4.69, 9.17) is 9.47 Å². The number of carbonyl (C=O) groups is 1. The van der Waals surface area contributed by atoms with Gasteiger partial charge in [-0.05, 0) is 23.0 Å². The second-order valence-electron chi connectivity index (χ2n) is 7.89. The molecule has 0 bridgehead atoms. The SMILES string of the molecule is CC(C)(C)/C=C\C(=C/C(C)(C)C)OCC(=O)N1CCOCC1. The zero-order chi connectivity index (χ0) is 16.8. The molecule has 0 radical (unpaired) electrons. The van der Waals surface area contributed by atoms with Crippen LogP contribution < -0.4 is 0 Å². The van der Waals surface area contributed by atoms with Crippen molar-refractivity contribution < 1.29 is 14.3 Å². The van der Waals surface area contributed by atoms with Crippen LogP contribution in [0.25, 0.3) is 0 Å². The number of rotatable bonds is 4. The van der Waals surface area contributed by atoms with Gasteiger partial charge in [0.2, 0.25) is 0 Å². The Bertz CT molecular complexity index is 419. The lowest BCUT2D eigenvalue weighted by Gasteiger charge is -2.27. The highest BCUT2D eigenvalue weighted by molar-refractivity contribution is 5.77. The first-order valence-electron chi connectivity index (χ1n) is 7.97. The minimum atomic E-state index is -0.000427. The molecule has 0 unspecified atom stereocenters. The van der Waals surface area contributed by atoms with Gasteiger partial charge in [-0.25, -0.2) is 0 Å². The number of carbonyl (C=O) groups excluding carboxylic acids is 1. The number of allylic oxidation sites excluding steroid dienone is 3. The highest BCUT2D eigenvalue weighted by atomic mass is 16.5. The van der Waals surface area contributed by atoms with Gasteiger partial charge in [-0.3, -0.25) is 4.79 Å². The minimum Gasteiger partial charge on any atom is -0.484 e. The average Bonchev–Trinajstić information content (AvgIpc) is 2.40. The Morgan fingerprint density at radius 2 is 1.68 bits per heavy atom. The van der Waals surface area contributed by atoms with E-state index in [9.17, 15) is 4.79 Å². The largest absolute Gasteiger partial charge is 0.484 e. The van der Waals surface area contributed by atoms with Crippen LogP contribution in [0, 0.1) is 10.8 Å². The van der Waals surface area contributed by atoms with Crippen molar-refractivity contribution in [3.8, 4) is 0 Å². The molecule has 0 atom stereocenters. The Labute approximate surface area is 135 Å². The molecule has 4 heteroatoms. The first-order valence-corrected chi connectivity index (χ1v) is 7.97. The molecule has 0 N–H and O–H groups in total. The summed E-state index contributed by atoms with van der Waals surface area (Å²) in [6.45, 7) is 15.4. The molecule has 1 rings (SSSR count). The minimum absolute atomic E-state index is 0.000427. The first kappa shape index (κ1) is 18.8. The molecule has 0 spiro atoms. The summed E-state index contributed by atoms with van der Waals surface area (Å²) in [7, 11) is 0. The summed E-state index contributed by atoms with van der Waals surface area (Å²) >= 11 is 0. The normalized spacial score (nSPS) is 17.9. The summed E-state index contributed by atoms with van der Waals surface area (Å²) in [6.07, 6.45) is 6.13. The Balaban J connectivity index is 2.66. The van der Waals surface area contributed by atoms with Crippen LogP contribution in [0.4, 0.5) is 0 Å². The van der Waals surface area contributed by atoms with Crippen LogP contribution >= 0.6 is 0 Å². The summed E-state index contributed by atoms with van der Waals surface area (Å²) in [4.78, 5) is 14.0. The van der Waals surface area contributed by atoms with Crippen LogP contribution in [0.1, 0.15) is 41.5 Å². The van der Waals surface area contributed by atoms with E-state index in [0.29, 0.717) is 26.3 Å². The highest BCUT2D eigenvalue weighted by Gasteiger charge is 2.18. The lowest BCUT2D eigenvalue weighted by Crippen LogP contribution is -2.42. The predicted molar refractivity (Wildman–Crippen MR) is 89.5 cm³/mol. The Morgan fingerprint density at radius 1 is 1.09 bits per heavy atom. The number of ether oxygens (including phenoxy) is 2. The zero-order valence-corrected chi connectivity index (χ0v) is 14.9. The first-order chi connectivity index (χ1) is 10.1. The summed E-state index contributed by atoms with van der Waals surface area (Å²) in [5.74, 6) is 0.774. The third-order valence-corrected chi connectivity index (χ3v) is 3.05. The summed E-state index contributed by atoms with van der Waals surface area (Å²) in [5, 5.41) is 0. The van der Waals surface area contributed by atoms with Crippen LogP contribution in [-0.4, -0.2) is 43.7 Å². The molecule has 1 saturated heterocycles. The van der Waals surface area contributed by atoms with Crippen LogP contribution in [0.2, 0.25) is 0 Å². The maximum atomic E-state index is 12.2. The second-order valence-corrected chi connectivity index (χ2v) is 7.89. The second kappa shape index (κ2) is 7.82. The lowest BCUT2D eigenvalue weighted by molar-refractivity contribution is -0.138. The molecule has 1 amide bonds. The van der Waals surface area contributed by atoms with Crippen molar-refractivity contribution in [2.75, 3.05) is 32.9 Å². The zero-order valence-electron chi connectivity index (χ0n) is 14.9. The van der Waals surface area contributed by atoms with Gasteiger partial charge in [0, 0.05) is 13.1 Å². The van der Waals surface area contributed by atoms with Crippen molar-refractivity contribution in [1.82, 2.24) is 4.90 Å². The monoisotopic (exact) mass is 309 g/mol. The van der Waals surface area contributed by atoms with Gasteiger partial charge < -0.3 is 14.4 Å². The number of morpholine rings is 1. The van der Waals surface area contributed by atoms with Gasteiger partial charge in [0.05, 0.1) is 13.2 Å². The Kier molecular flexibility index (Phi) is 6.66. The van der Waals surface area contributed by atoms with Gasteiger partial charge >= 0.3 is 0 Å². The van der Waals surface area contributed by atoms with Gasteiger partial charge in [0.15, 0.2) is 6.61 Å². The van der Waals surface area contributed by atoms with Crippen LogP contribution in [0.3, 0.4) is 0 Å². The molecule has 22 heavy (non-hydrogen) atoms. The molecule has 1 fully saturated rings. The van der Waals surface area contributed by atoms with Gasteiger partial charge in [-0.1, -0.05) is 47.6 Å². The predicted octanol–water partition coefficient (Wildman–Crippen LogP) is 3.39. The quantitative estimate of drug-likeness (QED) is 0.590. The van der Waals surface area contributed by atoms with E-state index in [2.05, 4.69) is 53.7 Å². The van der Waals surface area contributed by atoms with Crippen molar-refractivity contribution in [3.05, 3.63) is 24.0 Å². The summed E-state index contributed by atoms with van der Waals surface area (Å²) in [5.41, 5.74) is 0.0775. The van der Waals surface area contributed by atoms with E-state index in [1.54, 1.807) is 4.90 Å². The highest BCUT2D eigenvalue weighted by Crippen LogP contribution is 2.21. The van der Waals surface area contributed by atoms with Crippen molar-refractivity contribution >= 4 is 5.91 Å². The van der Waals surface area contributed by atoms with Gasteiger partial charge in [-0.15, -0.1) is 0 Å². The molecule has 0 aromatic rings. The standard InChI is InChI=1S/C18H31NO3/c1-17(2,3)8-7-15(13-18(4,5)6)22-14-16(20)19-9-11-21-12-10-19/h7-8,13H,9-12,14H2,1-6H3/b8-7-,15-13+. The summed E-state index contributed by atoms with van der Waals surface area (Å²) < 4.78 is 11.0. The maximum absolute atomic E-state index is 12.2. The number of hydrogen-bond donors (Lipinski definition) is 0. The van der Waals surface area contributed by atoms with E-state index in [1.807, 2.05) is 6.08 Å².